The fourth-order valence-electron chi connectivity index (χ4n) is 2.99. The van der Waals surface area contributed by atoms with Crippen molar-refractivity contribution in [1.82, 2.24) is 0 Å². The summed E-state index contributed by atoms with van der Waals surface area (Å²) in [6.45, 7) is 4.05. The second-order valence-electron chi connectivity index (χ2n) is 6.37. The summed E-state index contributed by atoms with van der Waals surface area (Å²) in [5.41, 5.74) is -1.57. The van der Waals surface area contributed by atoms with E-state index < -0.39 is 17.4 Å². The molecule has 0 aliphatic carbocycles. The molecule has 0 aromatic rings. The van der Waals surface area contributed by atoms with Gasteiger partial charge in [0.2, 0.25) is 0 Å². The van der Waals surface area contributed by atoms with Crippen LogP contribution in [0.3, 0.4) is 0 Å². The predicted octanol–water partition coefficient (Wildman–Crippen LogP) is 5.25. The van der Waals surface area contributed by atoms with Gasteiger partial charge in [0.15, 0.2) is 5.41 Å². The lowest BCUT2D eigenvalue weighted by atomic mass is 9.78. The van der Waals surface area contributed by atoms with Crippen LogP contribution >= 0.6 is 0 Å². The van der Waals surface area contributed by atoms with E-state index in [0.717, 1.165) is 12.8 Å². The third-order valence-electron chi connectivity index (χ3n) is 4.45. The first-order chi connectivity index (χ1) is 10.5. The molecule has 0 fully saturated rings. The molecular weight excluding hydrogens is 280 g/mol. The SMILES string of the molecule is CCCCCCCCCCCCC(CCC)(C(=O)O)C(=O)O. The fraction of sp³-hybridized carbons (Fsp3) is 0.889. The number of carboxylic acids is 2. The second-order valence-corrected chi connectivity index (χ2v) is 6.37. The first-order valence-corrected chi connectivity index (χ1v) is 8.98. The quantitative estimate of drug-likeness (QED) is 0.319. The molecule has 0 unspecified atom stereocenters. The van der Waals surface area contributed by atoms with E-state index in [-0.39, 0.29) is 12.8 Å². The van der Waals surface area contributed by atoms with E-state index in [1.54, 1.807) is 0 Å². The summed E-state index contributed by atoms with van der Waals surface area (Å²) in [5.74, 6) is -2.37. The Morgan fingerprint density at radius 1 is 0.636 bits per heavy atom. The first-order valence-electron chi connectivity index (χ1n) is 8.98. The molecule has 130 valence electrons. The van der Waals surface area contributed by atoms with Crippen LogP contribution < -0.4 is 0 Å². The Morgan fingerprint density at radius 2 is 1.05 bits per heavy atom. The highest BCUT2D eigenvalue weighted by molar-refractivity contribution is 5.98. The third-order valence-corrected chi connectivity index (χ3v) is 4.45. The molecule has 0 saturated heterocycles. The molecule has 4 heteroatoms. The van der Waals surface area contributed by atoms with E-state index >= 15 is 0 Å². The van der Waals surface area contributed by atoms with Crippen LogP contribution in [-0.4, -0.2) is 22.2 Å². The third kappa shape index (κ3) is 7.81. The number of rotatable bonds is 15. The topological polar surface area (TPSA) is 74.6 Å². The van der Waals surface area contributed by atoms with Gasteiger partial charge in [0, 0.05) is 0 Å². The van der Waals surface area contributed by atoms with Gasteiger partial charge in [0.05, 0.1) is 0 Å². The Kier molecular flexibility index (Phi) is 11.9. The molecule has 0 amide bonds. The average Bonchev–Trinajstić information content (AvgIpc) is 2.47. The molecule has 0 bridgehead atoms. The maximum atomic E-state index is 11.4. The number of unbranched alkanes of at least 4 members (excludes halogenated alkanes) is 9. The van der Waals surface area contributed by atoms with E-state index in [0.29, 0.717) is 12.8 Å². The van der Waals surface area contributed by atoms with Crippen molar-refractivity contribution in [3.63, 3.8) is 0 Å². The molecule has 0 aliphatic rings. The van der Waals surface area contributed by atoms with Crippen molar-refractivity contribution in [3.05, 3.63) is 0 Å². The molecule has 2 N–H and O–H groups in total. The van der Waals surface area contributed by atoms with Crippen molar-refractivity contribution < 1.29 is 19.8 Å². The minimum absolute atomic E-state index is 0.217. The maximum Gasteiger partial charge on any atom is 0.321 e. The molecule has 0 saturated carbocycles. The number of aliphatic carboxylic acids is 2. The van der Waals surface area contributed by atoms with Crippen molar-refractivity contribution in [3.8, 4) is 0 Å². The van der Waals surface area contributed by atoms with Gasteiger partial charge in [-0.25, -0.2) is 0 Å². The molecule has 0 heterocycles. The average molecular weight is 314 g/mol. The smallest absolute Gasteiger partial charge is 0.321 e. The van der Waals surface area contributed by atoms with Gasteiger partial charge in [-0.15, -0.1) is 0 Å². The zero-order valence-corrected chi connectivity index (χ0v) is 14.4. The Balaban J connectivity index is 3.86. The number of hydrogen-bond acceptors (Lipinski definition) is 2. The summed E-state index contributed by atoms with van der Waals surface area (Å²) < 4.78 is 0. The summed E-state index contributed by atoms with van der Waals surface area (Å²) in [6.07, 6.45) is 12.7. The minimum Gasteiger partial charge on any atom is -0.480 e. The van der Waals surface area contributed by atoms with Crippen molar-refractivity contribution in [2.24, 2.45) is 5.41 Å². The summed E-state index contributed by atoms with van der Waals surface area (Å²) in [6, 6.07) is 0. The van der Waals surface area contributed by atoms with Gasteiger partial charge in [0.1, 0.15) is 0 Å². The van der Waals surface area contributed by atoms with Gasteiger partial charge < -0.3 is 10.2 Å². The Bertz CT molecular complexity index is 298. The number of carbonyl (C=O) groups is 2. The predicted molar refractivity (Wildman–Crippen MR) is 89.1 cm³/mol. The van der Waals surface area contributed by atoms with Crippen LogP contribution in [-0.2, 0) is 9.59 Å². The van der Waals surface area contributed by atoms with Crippen molar-refractivity contribution in [1.29, 1.82) is 0 Å². The van der Waals surface area contributed by atoms with Crippen molar-refractivity contribution in [2.45, 2.75) is 97.3 Å². The van der Waals surface area contributed by atoms with E-state index in [9.17, 15) is 19.8 Å². The standard InChI is InChI=1S/C18H34O4/c1-3-5-6-7-8-9-10-11-12-13-15-18(14-4-2,16(19)20)17(21)22/h3-15H2,1-2H3,(H,19,20)(H,21,22). The van der Waals surface area contributed by atoms with Gasteiger partial charge in [-0.05, 0) is 12.8 Å². The molecule has 0 spiro atoms. The second kappa shape index (κ2) is 12.5. The van der Waals surface area contributed by atoms with Gasteiger partial charge >= 0.3 is 11.9 Å². The molecule has 0 atom stereocenters. The van der Waals surface area contributed by atoms with Crippen LogP contribution in [0, 0.1) is 5.41 Å². The Hall–Kier alpha value is -1.06. The number of hydrogen-bond donors (Lipinski definition) is 2. The van der Waals surface area contributed by atoms with Crippen molar-refractivity contribution in [2.75, 3.05) is 0 Å². The monoisotopic (exact) mass is 314 g/mol. The number of carboxylic acid groups (broad SMARTS) is 2. The first kappa shape index (κ1) is 20.9. The van der Waals surface area contributed by atoms with Crippen molar-refractivity contribution >= 4 is 11.9 Å². The normalized spacial score (nSPS) is 11.5. The Labute approximate surface area is 135 Å². The highest BCUT2D eigenvalue weighted by Crippen LogP contribution is 2.32. The van der Waals surface area contributed by atoms with E-state index in [1.165, 1.54) is 44.9 Å². The molecule has 0 radical (unpaired) electrons. The zero-order valence-electron chi connectivity index (χ0n) is 14.4. The van der Waals surface area contributed by atoms with Crippen LogP contribution in [0.15, 0.2) is 0 Å². The van der Waals surface area contributed by atoms with Crippen LogP contribution in [0.4, 0.5) is 0 Å². The fourth-order valence-corrected chi connectivity index (χ4v) is 2.99. The van der Waals surface area contributed by atoms with Crippen LogP contribution in [0.2, 0.25) is 0 Å². The van der Waals surface area contributed by atoms with Gasteiger partial charge in [-0.1, -0.05) is 84.5 Å². The summed E-state index contributed by atoms with van der Waals surface area (Å²) in [5, 5.41) is 18.6. The van der Waals surface area contributed by atoms with Gasteiger partial charge in [-0.3, -0.25) is 9.59 Å². The molecule has 0 aromatic heterocycles. The van der Waals surface area contributed by atoms with Crippen LogP contribution in [0.1, 0.15) is 97.3 Å². The largest absolute Gasteiger partial charge is 0.480 e. The zero-order chi connectivity index (χ0) is 16.8. The molecule has 4 nitrogen and oxygen atoms in total. The van der Waals surface area contributed by atoms with Crippen LogP contribution in [0.25, 0.3) is 0 Å². The van der Waals surface area contributed by atoms with Crippen LogP contribution in [0.5, 0.6) is 0 Å². The van der Waals surface area contributed by atoms with E-state index in [1.807, 2.05) is 6.92 Å². The minimum atomic E-state index is -1.57. The lowest BCUT2D eigenvalue weighted by Crippen LogP contribution is -2.39. The lowest BCUT2D eigenvalue weighted by molar-refractivity contribution is -0.166. The maximum absolute atomic E-state index is 11.4. The highest BCUT2D eigenvalue weighted by atomic mass is 16.4. The summed E-state index contributed by atoms with van der Waals surface area (Å²) in [7, 11) is 0. The highest BCUT2D eigenvalue weighted by Gasteiger charge is 2.44. The molecular formula is C18H34O4. The lowest BCUT2D eigenvalue weighted by Gasteiger charge is -2.24. The summed E-state index contributed by atoms with van der Waals surface area (Å²) >= 11 is 0. The van der Waals surface area contributed by atoms with E-state index in [2.05, 4.69) is 6.92 Å². The Morgan fingerprint density at radius 3 is 1.41 bits per heavy atom. The molecule has 22 heavy (non-hydrogen) atoms. The van der Waals surface area contributed by atoms with Gasteiger partial charge in [-0.2, -0.15) is 0 Å². The van der Waals surface area contributed by atoms with Gasteiger partial charge in [0.25, 0.3) is 0 Å². The van der Waals surface area contributed by atoms with E-state index in [4.69, 9.17) is 0 Å². The molecule has 0 aromatic carbocycles. The summed E-state index contributed by atoms with van der Waals surface area (Å²) in [4.78, 5) is 22.7. The molecule has 0 rings (SSSR count). The molecule has 0 aliphatic heterocycles.